The lowest BCUT2D eigenvalue weighted by Gasteiger charge is -2.11. The first kappa shape index (κ1) is 15.2. The number of benzene rings is 1. The van der Waals surface area contributed by atoms with E-state index in [1.165, 1.54) is 23.9 Å². The van der Waals surface area contributed by atoms with Crippen molar-refractivity contribution in [2.75, 3.05) is 5.75 Å². The molecular weight excluding hydrogens is 300 g/mol. The van der Waals surface area contributed by atoms with Gasteiger partial charge >= 0.3 is 5.97 Å². The number of nitro benzene ring substituents is 2. The van der Waals surface area contributed by atoms with E-state index in [0.29, 0.717) is 10.6 Å². The third-order valence-corrected chi connectivity index (χ3v) is 4.78. The quantitative estimate of drug-likeness (QED) is 0.466. The van der Waals surface area contributed by atoms with Crippen molar-refractivity contribution in [3.8, 4) is 0 Å². The summed E-state index contributed by atoms with van der Waals surface area (Å²) in [7, 11) is 0. The van der Waals surface area contributed by atoms with E-state index in [1.807, 2.05) is 0 Å². The standard InChI is InChI=1S/C12H12N2O6S/c15-11(16)6-12(3-4-12)7-21-10-2-1-8(13(17)18)5-9(10)14(19)20/h1-2,5H,3-4,6-7H2,(H,15,16). The number of nitro groups is 2. The Labute approximate surface area is 123 Å². The summed E-state index contributed by atoms with van der Waals surface area (Å²) in [6, 6.07) is 3.49. The third kappa shape index (κ3) is 3.69. The largest absolute Gasteiger partial charge is 0.481 e. The van der Waals surface area contributed by atoms with Crippen LogP contribution in [0, 0.1) is 25.6 Å². The summed E-state index contributed by atoms with van der Waals surface area (Å²) in [6.45, 7) is 0. The van der Waals surface area contributed by atoms with Gasteiger partial charge in [0, 0.05) is 11.8 Å². The van der Waals surface area contributed by atoms with Crippen molar-refractivity contribution in [1.82, 2.24) is 0 Å². The second-order valence-corrected chi connectivity index (χ2v) is 6.04. The lowest BCUT2D eigenvalue weighted by Crippen LogP contribution is -2.11. The topological polar surface area (TPSA) is 124 Å². The van der Waals surface area contributed by atoms with E-state index in [9.17, 15) is 25.0 Å². The normalized spacial score (nSPS) is 15.4. The van der Waals surface area contributed by atoms with Crippen molar-refractivity contribution in [1.29, 1.82) is 0 Å². The van der Waals surface area contributed by atoms with Crippen LogP contribution >= 0.6 is 11.8 Å². The highest BCUT2D eigenvalue weighted by molar-refractivity contribution is 7.99. The summed E-state index contributed by atoms with van der Waals surface area (Å²) in [5, 5.41) is 30.5. The van der Waals surface area contributed by atoms with Crippen molar-refractivity contribution < 1.29 is 19.7 Å². The van der Waals surface area contributed by atoms with Gasteiger partial charge in [-0.2, -0.15) is 0 Å². The van der Waals surface area contributed by atoms with Crippen LogP contribution in [0.2, 0.25) is 0 Å². The van der Waals surface area contributed by atoms with E-state index in [-0.39, 0.29) is 23.2 Å². The molecule has 0 atom stereocenters. The van der Waals surface area contributed by atoms with Crippen molar-refractivity contribution in [2.24, 2.45) is 5.41 Å². The Bertz CT molecular complexity index is 614. The van der Waals surface area contributed by atoms with Crippen LogP contribution in [0.15, 0.2) is 23.1 Å². The van der Waals surface area contributed by atoms with Crippen LogP contribution in [0.1, 0.15) is 19.3 Å². The molecule has 21 heavy (non-hydrogen) atoms. The molecule has 2 rings (SSSR count). The summed E-state index contributed by atoms with van der Waals surface area (Å²) in [4.78, 5) is 31.4. The van der Waals surface area contributed by atoms with Crippen LogP contribution in [-0.4, -0.2) is 26.7 Å². The Morgan fingerprint density at radius 3 is 2.43 bits per heavy atom. The van der Waals surface area contributed by atoms with E-state index in [0.717, 1.165) is 18.9 Å². The van der Waals surface area contributed by atoms with Crippen molar-refractivity contribution >= 4 is 29.1 Å². The number of thioether (sulfide) groups is 1. The minimum atomic E-state index is -0.883. The molecule has 0 spiro atoms. The number of rotatable bonds is 7. The SMILES string of the molecule is O=C(O)CC1(CSc2ccc([N+](=O)[O-])cc2[N+](=O)[O-])CC1. The van der Waals surface area contributed by atoms with Gasteiger partial charge in [0.1, 0.15) is 0 Å². The summed E-state index contributed by atoms with van der Waals surface area (Å²) < 4.78 is 0. The number of hydrogen-bond acceptors (Lipinski definition) is 6. The Morgan fingerprint density at radius 1 is 1.29 bits per heavy atom. The number of aliphatic carboxylic acids is 1. The lowest BCUT2D eigenvalue weighted by atomic mass is 10.1. The van der Waals surface area contributed by atoms with E-state index >= 15 is 0 Å². The van der Waals surface area contributed by atoms with Gasteiger partial charge < -0.3 is 5.11 Å². The predicted molar refractivity (Wildman–Crippen MR) is 74.4 cm³/mol. The molecule has 0 amide bonds. The van der Waals surface area contributed by atoms with Gasteiger partial charge in [-0.1, -0.05) is 0 Å². The van der Waals surface area contributed by atoms with Crippen LogP contribution in [-0.2, 0) is 4.79 Å². The Kier molecular flexibility index (Phi) is 4.12. The van der Waals surface area contributed by atoms with Gasteiger partial charge in [0.15, 0.2) is 0 Å². The van der Waals surface area contributed by atoms with Gasteiger partial charge in [-0.15, -0.1) is 11.8 Å². The molecule has 1 saturated carbocycles. The maximum atomic E-state index is 11.0. The molecule has 1 aliphatic rings. The van der Waals surface area contributed by atoms with Crippen LogP contribution < -0.4 is 0 Å². The fourth-order valence-corrected chi connectivity index (χ4v) is 3.28. The molecular formula is C12H12N2O6S. The second-order valence-electron chi connectivity index (χ2n) is 5.03. The summed E-state index contributed by atoms with van der Waals surface area (Å²) in [5.41, 5.74) is -0.954. The minimum Gasteiger partial charge on any atom is -0.481 e. The smallest absolute Gasteiger partial charge is 0.303 e. The molecule has 1 aromatic rings. The van der Waals surface area contributed by atoms with Crippen molar-refractivity contribution in [2.45, 2.75) is 24.2 Å². The third-order valence-electron chi connectivity index (χ3n) is 3.37. The molecule has 1 aromatic carbocycles. The van der Waals surface area contributed by atoms with E-state index in [1.54, 1.807) is 0 Å². The summed E-state index contributed by atoms with van der Waals surface area (Å²) in [6.07, 6.45) is 1.61. The molecule has 0 bridgehead atoms. The predicted octanol–water partition coefficient (Wildman–Crippen LogP) is 2.85. The monoisotopic (exact) mass is 312 g/mol. The zero-order chi connectivity index (χ0) is 15.6. The van der Waals surface area contributed by atoms with E-state index < -0.39 is 15.8 Å². The van der Waals surface area contributed by atoms with Crippen molar-refractivity contribution in [3.05, 3.63) is 38.4 Å². The number of hydrogen-bond donors (Lipinski definition) is 1. The zero-order valence-corrected chi connectivity index (χ0v) is 11.7. The maximum absolute atomic E-state index is 11.0. The van der Waals surface area contributed by atoms with Gasteiger partial charge in [-0.25, -0.2) is 0 Å². The van der Waals surface area contributed by atoms with Crippen LogP contribution in [0.25, 0.3) is 0 Å². The first-order valence-corrected chi connectivity index (χ1v) is 7.09. The lowest BCUT2D eigenvalue weighted by molar-refractivity contribution is -0.396. The Morgan fingerprint density at radius 2 is 1.95 bits per heavy atom. The molecule has 8 nitrogen and oxygen atoms in total. The molecule has 0 saturated heterocycles. The van der Waals surface area contributed by atoms with Gasteiger partial charge in [-0.3, -0.25) is 25.0 Å². The molecule has 112 valence electrons. The molecule has 0 unspecified atom stereocenters. The van der Waals surface area contributed by atoms with E-state index in [4.69, 9.17) is 5.11 Å². The van der Waals surface area contributed by atoms with Gasteiger partial charge in [0.25, 0.3) is 11.4 Å². The first-order chi connectivity index (χ1) is 9.83. The molecule has 0 radical (unpaired) electrons. The van der Waals surface area contributed by atoms with Gasteiger partial charge in [0.05, 0.1) is 27.2 Å². The fourth-order valence-electron chi connectivity index (χ4n) is 1.98. The average molecular weight is 312 g/mol. The molecule has 0 aliphatic heterocycles. The van der Waals surface area contributed by atoms with Crippen molar-refractivity contribution in [3.63, 3.8) is 0 Å². The number of carbonyl (C=O) groups is 1. The van der Waals surface area contributed by atoms with Crippen LogP contribution in [0.5, 0.6) is 0 Å². The molecule has 0 aromatic heterocycles. The highest BCUT2D eigenvalue weighted by Crippen LogP contribution is 2.52. The molecule has 1 N–H and O–H groups in total. The maximum Gasteiger partial charge on any atom is 0.303 e. The number of carboxylic acids is 1. The zero-order valence-electron chi connectivity index (χ0n) is 10.9. The average Bonchev–Trinajstić information content (AvgIpc) is 3.15. The molecule has 9 heteroatoms. The highest BCUT2D eigenvalue weighted by atomic mass is 32.2. The van der Waals surface area contributed by atoms with Gasteiger partial charge in [-0.05, 0) is 24.3 Å². The molecule has 1 aliphatic carbocycles. The second kappa shape index (κ2) is 5.68. The fraction of sp³-hybridized carbons (Fsp3) is 0.417. The number of non-ortho nitro benzene ring substituents is 1. The van der Waals surface area contributed by atoms with Crippen LogP contribution in [0.3, 0.4) is 0 Å². The minimum absolute atomic E-state index is 0.0424. The summed E-state index contributed by atoms with van der Waals surface area (Å²) >= 11 is 1.18. The number of carboxylic acid groups (broad SMARTS) is 1. The van der Waals surface area contributed by atoms with Gasteiger partial charge in [0.2, 0.25) is 0 Å². The summed E-state index contributed by atoms with van der Waals surface area (Å²) in [5.74, 6) is -0.427. The number of nitrogens with zero attached hydrogens (tertiary/aromatic N) is 2. The van der Waals surface area contributed by atoms with E-state index in [2.05, 4.69) is 0 Å². The highest BCUT2D eigenvalue weighted by Gasteiger charge is 2.44. The Hall–Kier alpha value is -2.16. The molecule has 1 fully saturated rings. The van der Waals surface area contributed by atoms with Crippen LogP contribution in [0.4, 0.5) is 11.4 Å². The molecule has 0 heterocycles. The first-order valence-electron chi connectivity index (χ1n) is 6.10. The Balaban J connectivity index is 2.15.